The van der Waals surface area contributed by atoms with E-state index in [4.69, 9.17) is 11.6 Å². The van der Waals surface area contributed by atoms with Gasteiger partial charge in [-0.25, -0.2) is 13.4 Å². The Morgan fingerprint density at radius 2 is 2.03 bits per heavy atom. The van der Waals surface area contributed by atoms with Crippen LogP contribution >= 0.6 is 23.4 Å². The number of hydrogen-bond acceptors (Lipinski definition) is 6. The molecule has 0 unspecified atom stereocenters. The highest BCUT2D eigenvalue weighted by Gasteiger charge is 2.19. The summed E-state index contributed by atoms with van der Waals surface area (Å²) in [5.74, 6) is 0.285. The molecule has 0 atom stereocenters. The first-order valence-electron chi connectivity index (χ1n) is 9.79. The van der Waals surface area contributed by atoms with Crippen molar-refractivity contribution in [3.8, 4) is 5.69 Å². The first-order valence-corrected chi connectivity index (χ1v) is 12.6. The van der Waals surface area contributed by atoms with Crippen molar-refractivity contribution in [1.29, 1.82) is 0 Å². The number of nitrogens with one attached hydrogen (secondary N) is 2. The van der Waals surface area contributed by atoms with E-state index in [0.717, 1.165) is 12.1 Å². The molecule has 32 heavy (non-hydrogen) atoms. The molecule has 8 nitrogen and oxygen atoms in total. The van der Waals surface area contributed by atoms with Gasteiger partial charge in [-0.3, -0.25) is 19.1 Å². The van der Waals surface area contributed by atoms with Crippen molar-refractivity contribution in [3.05, 3.63) is 65.9 Å². The van der Waals surface area contributed by atoms with E-state index in [1.54, 1.807) is 30.6 Å². The summed E-state index contributed by atoms with van der Waals surface area (Å²) < 4.78 is 29.5. The number of nitrogens with zero attached hydrogens (tertiary/aromatic N) is 3. The summed E-state index contributed by atoms with van der Waals surface area (Å²) >= 11 is 7.33. The van der Waals surface area contributed by atoms with E-state index in [2.05, 4.69) is 20.0 Å². The molecule has 2 N–H and O–H groups in total. The Kier molecular flexibility index (Phi) is 6.83. The molecule has 1 aliphatic heterocycles. The minimum atomic E-state index is -3.75. The quantitative estimate of drug-likeness (QED) is 0.492. The Bertz CT molecular complexity index is 1270. The van der Waals surface area contributed by atoms with Crippen molar-refractivity contribution in [2.45, 2.75) is 22.9 Å². The standard InChI is InChI=1S/C21H20ClN5O3S2/c22-15-4-1-6-17(12-15)27-11-10-24-21(27)31-14-20(28)25-16-5-2-7-18(13-16)32(29,30)26-19-8-3-9-23-19/h1-2,4-7,10-13H,3,8-9,14H2,(H,23,26)(H,25,28). The lowest BCUT2D eigenvalue weighted by atomic mass is 10.3. The van der Waals surface area contributed by atoms with Gasteiger partial charge >= 0.3 is 0 Å². The number of anilines is 1. The predicted molar refractivity (Wildman–Crippen MR) is 126 cm³/mol. The van der Waals surface area contributed by atoms with Crippen LogP contribution in [0.15, 0.2) is 76.0 Å². The van der Waals surface area contributed by atoms with E-state index >= 15 is 0 Å². The molecule has 0 spiro atoms. The third-order valence-corrected chi connectivity index (χ3v) is 7.16. The molecule has 2 heterocycles. The number of halogens is 1. The third-order valence-electron chi connectivity index (χ3n) is 4.58. The van der Waals surface area contributed by atoms with Crippen molar-refractivity contribution in [2.24, 2.45) is 4.99 Å². The van der Waals surface area contributed by atoms with E-state index in [1.165, 1.54) is 23.9 Å². The lowest BCUT2D eigenvalue weighted by Gasteiger charge is -2.10. The Morgan fingerprint density at radius 3 is 2.81 bits per heavy atom. The Labute approximate surface area is 195 Å². The van der Waals surface area contributed by atoms with Crippen LogP contribution in [0.1, 0.15) is 12.8 Å². The summed E-state index contributed by atoms with van der Waals surface area (Å²) in [6.45, 7) is 0.626. The van der Waals surface area contributed by atoms with Crippen LogP contribution in [0.25, 0.3) is 5.69 Å². The fraction of sp³-hybridized carbons (Fsp3) is 0.190. The number of amidine groups is 1. The SMILES string of the molecule is O=C(CSc1nccn1-c1cccc(Cl)c1)Nc1cccc(S(=O)(=O)NC2=NCCC2)c1. The molecule has 0 saturated carbocycles. The molecular weight excluding hydrogens is 470 g/mol. The Balaban J connectivity index is 1.39. The summed E-state index contributed by atoms with van der Waals surface area (Å²) in [7, 11) is -3.75. The minimum Gasteiger partial charge on any atom is -0.325 e. The predicted octanol–water partition coefficient (Wildman–Crippen LogP) is 3.73. The molecule has 1 aromatic heterocycles. The van der Waals surface area contributed by atoms with Crippen LogP contribution < -0.4 is 10.0 Å². The zero-order valence-corrected chi connectivity index (χ0v) is 19.3. The van der Waals surface area contributed by atoms with Crippen LogP contribution in [0, 0.1) is 0 Å². The summed E-state index contributed by atoms with van der Waals surface area (Å²) in [4.78, 5) is 21.0. The second-order valence-corrected chi connectivity index (χ2v) is 10.0. The maximum atomic E-state index is 12.6. The van der Waals surface area contributed by atoms with E-state index in [0.29, 0.717) is 34.7 Å². The largest absolute Gasteiger partial charge is 0.325 e. The van der Waals surface area contributed by atoms with Gasteiger partial charge in [0.1, 0.15) is 5.84 Å². The first kappa shape index (κ1) is 22.4. The van der Waals surface area contributed by atoms with Crippen LogP contribution in [-0.2, 0) is 14.8 Å². The summed E-state index contributed by atoms with van der Waals surface area (Å²) in [6, 6.07) is 13.5. The van der Waals surface area contributed by atoms with Crippen LogP contribution in [0.2, 0.25) is 5.02 Å². The molecule has 0 aliphatic carbocycles. The molecule has 11 heteroatoms. The number of hydrogen-bond donors (Lipinski definition) is 2. The van der Waals surface area contributed by atoms with Gasteiger partial charge in [-0.05, 0) is 42.8 Å². The van der Waals surface area contributed by atoms with Crippen molar-refractivity contribution in [1.82, 2.24) is 14.3 Å². The number of carbonyl (C=O) groups excluding carboxylic acids is 1. The molecule has 1 amide bonds. The molecular formula is C21H20ClN5O3S2. The Hall–Kier alpha value is -2.82. The zero-order chi connectivity index (χ0) is 22.6. The van der Waals surface area contributed by atoms with Crippen molar-refractivity contribution < 1.29 is 13.2 Å². The number of rotatable bonds is 7. The van der Waals surface area contributed by atoms with E-state index in [9.17, 15) is 13.2 Å². The molecule has 0 fully saturated rings. The van der Waals surface area contributed by atoms with Gasteiger partial charge in [0.25, 0.3) is 10.0 Å². The topological polar surface area (TPSA) is 105 Å². The Morgan fingerprint density at radius 1 is 1.19 bits per heavy atom. The molecule has 4 rings (SSSR count). The van der Waals surface area contributed by atoms with Gasteiger partial charge < -0.3 is 5.32 Å². The van der Waals surface area contributed by atoms with Crippen LogP contribution in [-0.4, -0.2) is 42.0 Å². The number of amides is 1. The van der Waals surface area contributed by atoms with Gasteiger partial charge in [-0.2, -0.15) is 0 Å². The normalized spacial score (nSPS) is 13.6. The molecule has 166 valence electrons. The van der Waals surface area contributed by atoms with Crippen molar-refractivity contribution in [3.63, 3.8) is 0 Å². The van der Waals surface area contributed by atoms with Gasteiger partial charge in [0.2, 0.25) is 5.91 Å². The first-order chi connectivity index (χ1) is 15.4. The summed E-state index contributed by atoms with van der Waals surface area (Å²) in [5.41, 5.74) is 1.24. The van der Waals surface area contributed by atoms with Crippen molar-refractivity contribution >= 4 is 50.8 Å². The second-order valence-electron chi connectivity index (χ2n) is 6.96. The highest BCUT2D eigenvalue weighted by molar-refractivity contribution is 7.99. The molecule has 0 radical (unpaired) electrons. The van der Waals surface area contributed by atoms with E-state index in [-0.39, 0.29) is 16.6 Å². The fourth-order valence-electron chi connectivity index (χ4n) is 3.12. The lowest BCUT2D eigenvalue weighted by Crippen LogP contribution is -2.29. The van der Waals surface area contributed by atoms with Crippen LogP contribution in [0.4, 0.5) is 5.69 Å². The monoisotopic (exact) mass is 489 g/mol. The minimum absolute atomic E-state index is 0.0639. The number of aliphatic imine (C=N–C) groups is 1. The second kappa shape index (κ2) is 9.76. The average molecular weight is 490 g/mol. The van der Waals surface area contributed by atoms with Gasteiger partial charge in [0, 0.05) is 41.8 Å². The summed E-state index contributed by atoms with van der Waals surface area (Å²) in [6.07, 6.45) is 4.89. The number of carbonyl (C=O) groups is 1. The average Bonchev–Trinajstić information content (AvgIpc) is 3.44. The number of aromatic nitrogens is 2. The van der Waals surface area contributed by atoms with Gasteiger partial charge in [0.15, 0.2) is 5.16 Å². The highest BCUT2D eigenvalue weighted by atomic mass is 35.5. The van der Waals surface area contributed by atoms with E-state index in [1.807, 2.05) is 22.8 Å². The maximum Gasteiger partial charge on any atom is 0.262 e. The number of imidazole rings is 1. The van der Waals surface area contributed by atoms with Gasteiger partial charge in [-0.1, -0.05) is 35.5 Å². The molecule has 2 aromatic carbocycles. The van der Waals surface area contributed by atoms with Gasteiger partial charge in [0.05, 0.1) is 10.6 Å². The van der Waals surface area contributed by atoms with E-state index < -0.39 is 10.0 Å². The smallest absolute Gasteiger partial charge is 0.262 e. The molecule has 0 bridgehead atoms. The lowest BCUT2D eigenvalue weighted by molar-refractivity contribution is -0.113. The van der Waals surface area contributed by atoms with Gasteiger partial charge in [-0.15, -0.1) is 0 Å². The number of benzene rings is 2. The molecule has 0 saturated heterocycles. The van der Waals surface area contributed by atoms with Crippen LogP contribution in [0.3, 0.4) is 0 Å². The van der Waals surface area contributed by atoms with Crippen LogP contribution in [0.5, 0.6) is 0 Å². The maximum absolute atomic E-state index is 12.6. The molecule has 3 aromatic rings. The highest BCUT2D eigenvalue weighted by Crippen LogP contribution is 2.23. The summed E-state index contributed by atoms with van der Waals surface area (Å²) in [5, 5.41) is 3.98. The number of thioether (sulfide) groups is 1. The zero-order valence-electron chi connectivity index (χ0n) is 16.9. The molecule has 1 aliphatic rings. The van der Waals surface area contributed by atoms with Crippen molar-refractivity contribution in [2.75, 3.05) is 17.6 Å². The number of sulfonamides is 1. The fourth-order valence-corrected chi connectivity index (χ4v) is 5.22. The third kappa shape index (κ3) is 5.50.